The van der Waals surface area contributed by atoms with Crippen molar-refractivity contribution in [2.24, 2.45) is 0 Å². The molecule has 3 rings (SSSR count). The molecule has 0 aliphatic heterocycles. The predicted octanol–water partition coefficient (Wildman–Crippen LogP) is 3.86. The Morgan fingerprint density at radius 1 is 1.13 bits per heavy atom. The molecule has 156 valence electrons. The Morgan fingerprint density at radius 3 is 2.60 bits per heavy atom. The first kappa shape index (κ1) is 21.1. The van der Waals surface area contributed by atoms with E-state index in [2.05, 4.69) is 15.8 Å². The van der Waals surface area contributed by atoms with Gasteiger partial charge in [0.2, 0.25) is 0 Å². The standard InChI is InChI=1S/C21H19F3N4O2/c1-3-28-13(2)25-17-12-15(8-9-18(17)28)20(30)27-26-19(29)10-7-14-5-4-6-16(11-14)21(22,23)24/h4-12H,3H2,1-2H3,(H,26,29)(H,27,30). The van der Waals surface area contributed by atoms with Gasteiger partial charge in [-0.3, -0.25) is 20.4 Å². The van der Waals surface area contributed by atoms with Crippen LogP contribution in [-0.4, -0.2) is 21.4 Å². The van der Waals surface area contributed by atoms with Gasteiger partial charge in [0, 0.05) is 18.2 Å². The van der Waals surface area contributed by atoms with Gasteiger partial charge in [0.15, 0.2) is 0 Å². The molecule has 0 saturated heterocycles. The molecule has 2 amide bonds. The van der Waals surface area contributed by atoms with Crippen molar-refractivity contribution < 1.29 is 22.8 Å². The largest absolute Gasteiger partial charge is 0.416 e. The van der Waals surface area contributed by atoms with Crippen LogP contribution in [0.15, 0.2) is 48.5 Å². The second-order valence-electron chi connectivity index (χ2n) is 6.51. The van der Waals surface area contributed by atoms with Crippen molar-refractivity contribution in [1.29, 1.82) is 0 Å². The number of benzene rings is 2. The molecule has 0 radical (unpaired) electrons. The van der Waals surface area contributed by atoms with Gasteiger partial charge in [0.05, 0.1) is 16.6 Å². The molecular formula is C21H19F3N4O2. The molecule has 0 saturated carbocycles. The van der Waals surface area contributed by atoms with Crippen LogP contribution in [0.5, 0.6) is 0 Å². The number of hydrogen-bond donors (Lipinski definition) is 2. The fraction of sp³-hybridized carbons (Fsp3) is 0.190. The monoisotopic (exact) mass is 416 g/mol. The van der Waals surface area contributed by atoms with E-state index in [9.17, 15) is 22.8 Å². The summed E-state index contributed by atoms with van der Waals surface area (Å²) in [5, 5.41) is 0. The van der Waals surface area contributed by atoms with E-state index in [4.69, 9.17) is 0 Å². The summed E-state index contributed by atoms with van der Waals surface area (Å²) in [4.78, 5) is 28.6. The Bertz CT molecular complexity index is 1130. The molecule has 0 aliphatic rings. The van der Waals surface area contributed by atoms with Crippen LogP contribution in [-0.2, 0) is 17.5 Å². The van der Waals surface area contributed by atoms with Crippen molar-refractivity contribution in [1.82, 2.24) is 20.4 Å². The van der Waals surface area contributed by atoms with E-state index in [0.29, 0.717) is 11.1 Å². The third-order valence-corrected chi connectivity index (χ3v) is 4.46. The topological polar surface area (TPSA) is 76.0 Å². The summed E-state index contributed by atoms with van der Waals surface area (Å²) in [6.07, 6.45) is -2.21. The maximum absolute atomic E-state index is 12.7. The van der Waals surface area contributed by atoms with E-state index >= 15 is 0 Å². The number of halogens is 3. The Morgan fingerprint density at radius 2 is 1.90 bits per heavy atom. The third-order valence-electron chi connectivity index (χ3n) is 4.46. The molecule has 0 bridgehead atoms. The van der Waals surface area contributed by atoms with E-state index in [-0.39, 0.29) is 5.56 Å². The number of carbonyl (C=O) groups excluding carboxylic acids is 2. The lowest BCUT2D eigenvalue weighted by atomic mass is 10.1. The second-order valence-corrected chi connectivity index (χ2v) is 6.51. The average molecular weight is 416 g/mol. The van der Waals surface area contributed by atoms with Gasteiger partial charge < -0.3 is 4.57 Å². The molecule has 0 aliphatic carbocycles. The van der Waals surface area contributed by atoms with E-state index in [1.807, 2.05) is 18.4 Å². The summed E-state index contributed by atoms with van der Waals surface area (Å²) in [6.45, 7) is 4.62. The lowest BCUT2D eigenvalue weighted by molar-refractivity contribution is -0.137. The lowest BCUT2D eigenvalue weighted by Gasteiger charge is -2.07. The predicted molar refractivity (Wildman–Crippen MR) is 106 cm³/mol. The molecule has 0 atom stereocenters. The number of alkyl halides is 3. The molecule has 30 heavy (non-hydrogen) atoms. The number of aryl methyl sites for hydroxylation is 2. The highest BCUT2D eigenvalue weighted by atomic mass is 19.4. The quantitative estimate of drug-likeness (QED) is 0.501. The minimum absolute atomic E-state index is 0.207. The highest BCUT2D eigenvalue weighted by molar-refractivity contribution is 5.99. The summed E-state index contributed by atoms with van der Waals surface area (Å²) in [5.41, 5.74) is 5.74. The van der Waals surface area contributed by atoms with Crippen molar-refractivity contribution in [3.8, 4) is 0 Å². The first-order valence-electron chi connectivity index (χ1n) is 9.11. The number of hydrazine groups is 1. The number of nitrogens with zero attached hydrogens (tertiary/aromatic N) is 2. The molecule has 2 N–H and O–H groups in total. The number of rotatable bonds is 4. The van der Waals surface area contributed by atoms with Crippen LogP contribution in [0.25, 0.3) is 17.1 Å². The summed E-state index contributed by atoms with van der Waals surface area (Å²) in [6, 6.07) is 9.58. The molecule has 6 nitrogen and oxygen atoms in total. The van der Waals surface area contributed by atoms with Crippen molar-refractivity contribution >= 4 is 28.9 Å². The van der Waals surface area contributed by atoms with Crippen LogP contribution in [0, 0.1) is 6.92 Å². The first-order chi connectivity index (χ1) is 14.2. The highest BCUT2D eigenvalue weighted by Crippen LogP contribution is 2.29. The summed E-state index contributed by atoms with van der Waals surface area (Å²) >= 11 is 0. The second kappa shape index (κ2) is 8.40. The lowest BCUT2D eigenvalue weighted by Crippen LogP contribution is -2.40. The van der Waals surface area contributed by atoms with Gasteiger partial charge in [-0.2, -0.15) is 13.2 Å². The zero-order valence-electron chi connectivity index (χ0n) is 16.2. The van der Waals surface area contributed by atoms with Gasteiger partial charge in [0.1, 0.15) is 5.82 Å². The van der Waals surface area contributed by atoms with Crippen molar-refractivity contribution in [3.05, 3.63) is 71.1 Å². The Kier molecular flexibility index (Phi) is 5.91. The van der Waals surface area contributed by atoms with Gasteiger partial charge in [-0.25, -0.2) is 4.98 Å². The minimum Gasteiger partial charge on any atom is -0.329 e. The van der Waals surface area contributed by atoms with Crippen molar-refractivity contribution in [2.75, 3.05) is 0 Å². The van der Waals surface area contributed by atoms with Crippen LogP contribution in [0.1, 0.15) is 34.2 Å². The molecule has 3 aromatic rings. The van der Waals surface area contributed by atoms with E-state index in [0.717, 1.165) is 36.1 Å². The highest BCUT2D eigenvalue weighted by Gasteiger charge is 2.30. The van der Waals surface area contributed by atoms with Gasteiger partial charge in [-0.05, 0) is 55.8 Å². The Hall–Kier alpha value is -3.62. The van der Waals surface area contributed by atoms with Gasteiger partial charge in [-0.1, -0.05) is 12.1 Å². The number of imidazole rings is 1. The normalized spacial score (nSPS) is 11.8. The molecule has 9 heteroatoms. The molecule has 1 aromatic heterocycles. The van der Waals surface area contributed by atoms with Crippen LogP contribution < -0.4 is 10.9 Å². The van der Waals surface area contributed by atoms with E-state index in [1.54, 1.807) is 18.2 Å². The smallest absolute Gasteiger partial charge is 0.329 e. The minimum atomic E-state index is -4.47. The van der Waals surface area contributed by atoms with E-state index < -0.39 is 23.6 Å². The fourth-order valence-corrected chi connectivity index (χ4v) is 3.01. The number of nitrogens with one attached hydrogen (secondary N) is 2. The Balaban J connectivity index is 1.63. The van der Waals surface area contributed by atoms with Crippen molar-refractivity contribution in [3.63, 3.8) is 0 Å². The van der Waals surface area contributed by atoms with Gasteiger partial charge in [0.25, 0.3) is 11.8 Å². The first-order valence-corrected chi connectivity index (χ1v) is 9.11. The molecule has 0 fully saturated rings. The van der Waals surface area contributed by atoms with Crippen LogP contribution in [0.2, 0.25) is 0 Å². The summed E-state index contributed by atoms with van der Waals surface area (Å²) < 4.78 is 40.2. The molecule has 0 unspecified atom stereocenters. The fourth-order valence-electron chi connectivity index (χ4n) is 3.01. The zero-order chi connectivity index (χ0) is 21.9. The number of fused-ring (bicyclic) bond motifs is 1. The zero-order valence-corrected chi connectivity index (χ0v) is 16.2. The maximum Gasteiger partial charge on any atom is 0.416 e. The SMILES string of the molecule is CCn1c(C)nc2cc(C(=O)NNC(=O)C=Cc3cccc(C(F)(F)F)c3)ccc21. The number of hydrogen-bond acceptors (Lipinski definition) is 3. The number of carbonyl (C=O) groups is 2. The molecular weight excluding hydrogens is 397 g/mol. The molecule has 1 heterocycles. The Labute approximate surface area is 170 Å². The summed E-state index contributed by atoms with van der Waals surface area (Å²) in [7, 11) is 0. The number of amides is 2. The van der Waals surface area contributed by atoms with Gasteiger partial charge >= 0.3 is 6.18 Å². The maximum atomic E-state index is 12.7. The van der Waals surface area contributed by atoms with Crippen LogP contribution in [0.4, 0.5) is 13.2 Å². The summed E-state index contributed by atoms with van der Waals surface area (Å²) in [5.74, 6) is -0.396. The molecule has 0 spiro atoms. The average Bonchev–Trinajstić information content (AvgIpc) is 3.04. The van der Waals surface area contributed by atoms with E-state index in [1.165, 1.54) is 18.2 Å². The third kappa shape index (κ3) is 4.68. The van der Waals surface area contributed by atoms with Crippen LogP contribution >= 0.6 is 0 Å². The molecule has 2 aromatic carbocycles. The van der Waals surface area contributed by atoms with Crippen molar-refractivity contribution in [2.45, 2.75) is 26.6 Å². The number of aromatic nitrogens is 2. The van der Waals surface area contributed by atoms with Crippen LogP contribution in [0.3, 0.4) is 0 Å². The van der Waals surface area contributed by atoms with Gasteiger partial charge in [-0.15, -0.1) is 0 Å².